The second-order valence-electron chi connectivity index (χ2n) is 4.71. The molecule has 7 nitrogen and oxygen atoms in total. The first-order chi connectivity index (χ1) is 10.2. The van der Waals surface area contributed by atoms with E-state index in [0.29, 0.717) is 31.1 Å². The van der Waals surface area contributed by atoms with Gasteiger partial charge in [0.05, 0.1) is 22.5 Å². The molecule has 8 heteroatoms. The molecular weight excluding hydrogens is 296 g/mol. The van der Waals surface area contributed by atoms with E-state index in [1.807, 2.05) is 0 Å². The number of carbonyl (C=O) groups excluding carboxylic acids is 1. The van der Waals surface area contributed by atoms with Crippen molar-refractivity contribution in [1.29, 1.82) is 0 Å². The predicted octanol–water partition coefficient (Wildman–Crippen LogP) is 1.97. The van der Waals surface area contributed by atoms with Crippen LogP contribution in [0.25, 0.3) is 0 Å². The highest BCUT2D eigenvalue weighted by atomic mass is 32.1. The smallest absolute Gasteiger partial charge is 0.324 e. The van der Waals surface area contributed by atoms with E-state index in [-0.39, 0.29) is 17.0 Å². The van der Waals surface area contributed by atoms with Crippen LogP contribution >= 0.6 is 11.3 Å². The number of hydrogen-bond donors (Lipinski definition) is 1. The lowest BCUT2D eigenvalue weighted by Gasteiger charge is -2.10. The number of rotatable bonds is 8. The van der Waals surface area contributed by atoms with Crippen molar-refractivity contribution in [1.82, 2.24) is 5.32 Å². The molecule has 1 unspecified atom stereocenters. The number of nitro groups is 1. The van der Waals surface area contributed by atoms with Crippen LogP contribution in [-0.2, 0) is 9.47 Å². The van der Waals surface area contributed by atoms with Crippen LogP contribution in [-0.4, -0.2) is 43.3 Å². The van der Waals surface area contributed by atoms with Gasteiger partial charge in [0.2, 0.25) is 0 Å². The third-order valence-electron chi connectivity index (χ3n) is 3.07. The fourth-order valence-electron chi connectivity index (χ4n) is 2.00. The van der Waals surface area contributed by atoms with E-state index < -0.39 is 4.92 Å². The molecule has 1 N–H and O–H groups in total. The van der Waals surface area contributed by atoms with Gasteiger partial charge >= 0.3 is 5.00 Å². The third-order valence-corrected chi connectivity index (χ3v) is 4.11. The summed E-state index contributed by atoms with van der Waals surface area (Å²) < 4.78 is 10.9. The molecule has 1 aromatic heterocycles. The summed E-state index contributed by atoms with van der Waals surface area (Å²) >= 11 is 0.875. The monoisotopic (exact) mass is 314 g/mol. The van der Waals surface area contributed by atoms with Crippen LogP contribution < -0.4 is 5.32 Å². The average Bonchev–Trinajstić information content (AvgIpc) is 3.13. The van der Waals surface area contributed by atoms with Crippen LogP contribution in [0.3, 0.4) is 0 Å². The molecule has 1 aliphatic heterocycles. The van der Waals surface area contributed by atoms with Crippen molar-refractivity contribution in [2.45, 2.75) is 25.4 Å². The summed E-state index contributed by atoms with van der Waals surface area (Å²) in [5, 5.41) is 13.2. The van der Waals surface area contributed by atoms with Crippen molar-refractivity contribution in [3.05, 3.63) is 27.1 Å². The van der Waals surface area contributed by atoms with E-state index in [0.717, 1.165) is 30.8 Å². The molecule has 116 valence electrons. The van der Waals surface area contributed by atoms with Gasteiger partial charge in [-0.1, -0.05) is 11.3 Å². The van der Waals surface area contributed by atoms with Gasteiger partial charge in [-0.05, 0) is 25.3 Å². The fourth-order valence-corrected chi connectivity index (χ4v) is 2.74. The predicted molar refractivity (Wildman–Crippen MR) is 77.7 cm³/mol. The molecule has 0 aromatic carbocycles. The molecule has 1 saturated heterocycles. The maximum Gasteiger partial charge on any atom is 0.324 e. The average molecular weight is 314 g/mol. The number of nitrogens with one attached hydrogen (secondary N) is 1. The van der Waals surface area contributed by atoms with E-state index in [1.54, 1.807) is 0 Å². The zero-order chi connectivity index (χ0) is 15.1. The fraction of sp³-hybridized carbons (Fsp3) is 0.615. The number of amides is 1. The lowest BCUT2D eigenvalue weighted by molar-refractivity contribution is -0.380. The summed E-state index contributed by atoms with van der Waals surface area (Å²) in [6.45, 7) is 2.46. The molecule has 0 spiro atoms. The summed E-state index contributed by atoms with van der Waals surface area (Å²) in [5.41, 5.74) is 0. The first kappa shape index (κ1) is 15.9. The van der Waals surface area contributed by atoms with Gasteiger partial charge in [0, 0.05) is 25.8 Å². The van der Waals surface area contributed by atoms with Gasteiger partial charge in [-0.3, -0.25) is 14.9 Å². The highest BCUT2D eigenvalue weighted by Crippen LogP contribution is 2.23. The zero-order valence-corrected chi connectivity index (χ0v) is 12.4. The number of hydrogen-bond acceptors (Lipinski definition) is 6. The normalized spacial score (nSPS) is 17.8. The highest BCUT2D eigenvalue weighted by molar-refractivity contribution is 7.17. The Hall–Kier alpha value is -1.51. The second kappa shape index (κ2) is 8.06. The third kappa shape index (κ3) is 5.07. The lowest BCUT2D eigenvalue weighted by Crippen LogP contribution is -2.25. The van der Waals surface area contributed by atoms with Crippen molar-refractivity contribution in [2.75, 3.05) is 26.4 Å². The maximum absolute atomic E-state index is 11.7. The lowest BCUT2D eigenvalue weighted by atomic mass is 10.2. The van der Waals surface area contributed by atoms with Crippen LogP contribution in [0.15, 0.2) is 12.1 Å². The Morgan fingerprint density at radius 1 is 1.57 bits per heavy atom. The molecule has 21 heavy (non-hydrogen) atoms. The van der Waals surface area contributed by atoms with Crippen LogP contribution in [0.2, 0.25) is 0 Å². The van der Waals surface area contributed by atoms with E-state index in [4.69, 9.17) is 9.47 Å². The molecule has 1 aliphatic rings. The molecule has 1 aromatic rings. The second-order valence-corrected chi connectivity index (χ2v) is 5.78. The topological polar surface area (TPSA) is 90.7 Å². The Morgan fingerprint density at radius 2 is 2.43 bits per heavy atom. The van der Waals surface area contributed by atoms with Crippen LogP contribution in [0.5, 0.6) is 0 Å². The first-order valence-electron chi connectivity index (χ1n) is 6.88. The van der Waals surface area contributed by atoms with Crippen molar-refractivity contribution in [3.63, 3.8) is 0 Å². The van der Waals surface area contributed by atoms with E-state index in [2.05, 4.69) is 5.32 Å². The van der Waals surface area contributed by atoms with Gasteiger partial charge in [-0.2, -0.15) is 0 Å². The molecule has 0 aliphatic carbocycles. The van der Waals surface area contributed by atoms with Gasteiger partial charge in [0.15, 0.2) is 0 Å². The molecule has 0 radical (unpaired) electrons. The minimum Gasteiger partial charge on any atom is -0.379 e. The molecule has 2 rings (SSSR count). The minimum atomic E-state index is -0.500. The van der Waals surface area contributed by atoms with Crippen molar-refractivity contribution in [2.24, 2.45) is 0 Å². The van der Waals surface area contributed by atoms with Crippen molar-refractivity contribution >= 4 is 22.2 Å². The first-order valence-corrected chi connectivity index (χ1v) is 7.70. The SMILES string of the molecule is O=C(NCCCOCC1CCCO1)c1ccc([N+](=O)[O-])s1. The van der Waals surface area contributed by atoms with Gasteiger partial charge in [0.1, 0.15) is 0 Å². The van der Waals surface area contributed by atoms with Crippen molar-refractivity contribution in [3.8, 4) is 0 Å². The van der Waals surface area contributed by atoms with Crippen LogP contribution in [0.4, 0.5) is 5.00 Å². The summed E-state index contributed by atoms with van der Waals surface area (Å²) in [6, 6.07) is 2.80. The summed E-state index contributed by atoms with van der Waals surface area (Å²) in [4.78, 5) is 22.1. The number of ether oxygens (including phenoxy) is 2. The van der Waals surface area contributed by atoms with Crippen LogP contribution in [0.1, 0.15) is 28.9 Å². The summed E-state index contributed by atoms with van der Waals surface area (Å²) in [7, 11) is 0. The highest BCUT2D eigenvalue weighted by Gasteiger charge is 2.16. The van der Waals surface area contributed by atoms with Gasteiger partial charge in [-0.15, -0.1) is 0 Å². The Labute approximate surface area is 126 Å². The van der Waals surface area contributed by atoms with Crippen LogP contribution in [0, 0.1) is 10.1 Å². The molecule has 0 saturated carbocycles. The van der Waals surface area contributed by atoms with Crippen molar-refractivity contribution < 1.29 is 19.2 Å². The minimum absolute atomic E-state index is 0.0277. The van der Waals surface area contributed by atoms with Gasteiger partial charge in [0.25, 0.3) is 5.91 Å². The van der Waals surface area contributed by atoms with Gasteiger partial charge in [-0.25, -0.2) is 0 Å². The number of nitrogens with zero attached hydrogens (tertiary/aromatic N) is 1. The van der Waals surface area contributed by atoms with Gasteiger partial charge < -0.3 is 14.8 Å². The Kier molecular flexibility index (Phi) is 6.09. The number of thiophene rings is 1. The molecule has 1 amide bonds. The molecular formula is C13H18N2O5S. The van der Waals surface area contributed by atoms with E-state index in [1.165, 1.54) is 12.1 Å². The Bertz CT molecular complexity index is 485. The summed E-state index contributed by atoms with van der Waals surface area (Å²) in [5.74, 6) is -0.285. The Morgan fingerprint density at radius 3 is 3.10 bits per heavy atom. The molecule has 1 atom stereocenters. The van der Waals surface area contributed by atoms with E-state index >= 15 is 0 Å². The quantitative estimate of drug-likeness (QED) is 0.450. The largest absolute Gasteiger partial charge is 0.379 e. The molecule has 1 fully saturated rings. The van der Waals surface area contributed by atoms with E-state index in [9.17, 15) is 14.9 Å². The zero-order valence-electron chi connectivity index (χ0n) is 11.6. The Balaban J connectivity index is 1.57. The maximum atomic E-state index is 11.7. The molecule has 2 heterocycles. The summed E-state index contributed by atoms with van der Waals surface area (Å²) in [6.07, 6.45) is 3.06. The standard InChI is InChI=1S/C13H18N2O5S/c16-13(11-4-5-12(21-11)15(17)18)14-6-2-7-19-9-10-3-1-8-20-10/h4-5,10H,1-3,6-9H2,(H,14,16). The molecule has 0 bridgehead atoms. The number of carbonyl (C=O) groups is 1.